The van der Waals surface area contributed by atoms with Gasteiger partial charge in [-0.15, -0.1) is 0 Å². The highest BCUT2D eigenvalue weighted by molar-refractivity contribution is 6.67. The second kappa shape index (κ2) is 10.6. The zero-order valence-electron chi connectivity index (χ0n) is 19.5. The molecule has 190 valence electrons. The number of hydrogen-bond acceptors (Lipinski definition) is 8. The number of halogens is 2. The van der Waals surface area contributed by atoms with Crippen molar-refractivity contribution in [2.45, 2.75) is 50.9 Å². The maximum Gasteiger partial charge on any atom is 0.576 e. The fourth-order valence-electron chi connectivity index (χ4n) is 4.41. The van der Waals surface area contributed by atoms with Crippen molar-refractivity contribution < 1.29 is 42.7 Å². The summed E-state index contributed by atoms with van der Waals surface area (Å²) in [5.41, 5.74) is -1.72. The molecule has 1 aromatic carbocycles. The largest absolute Gasteiger partial charge is 0.718 e. The number of aliphatic carboxylic acids is 1. The average Bonchev–Trinajstić information content (AvgIpc) is 2.98. The van der Waals surface area contributed by atoms with Crippen LogP contribution in [0.1, 0.15) is 49.9 Å². The summed E-state index contributed by atoms with van der Waals surface area (Å²) < 4.78 is 20.1. The maximum atomic E-state index is 12.8. The lowest BCUT2D eigenvalue weighted by Crippen LogP contribution is -2.58. The molecule has 35 heavy (non-hydrogen) atoms. The molecular formula is C22H26BCl2NO9. The van der Waals surface area contributed by atoms with E-state index in [1.54, 1.807) is 0 Å². The summed E-state index contributed by atoms with van der Waals surface area (Å²) in [6.45, 7) is 0.540. The highest BCUT2D eigenvalue weighted by Crippen LogP contribution is 2.47. The number of nitrogens with one attached hydrogen (secondary N) is 1. The van der Waals surface area contributed by atoms with Crippen molar-refractivity contribution in [3.63, 3.8) is 0 Å². The Bertz CT molecular complexity index is 1070. The van der Waals surface area contributed by atoms with Crippen LogP contribution in [-0.4, -0.2) is 60.3 Å². The van der Waals surface area contributed by atoms with Crippen LogP contribution in [0.5, 0.6) is 0 Å². The van der Waals surface area contributed by atoms with Gasteiger partial charge < -0.3 is 24.0 Å². The lowest BCUT2D eigenvalue weighted by Gasteiger charge is -2.43. The molecule has 0 spiro atoms. The number of benzene rings is 1. The Morgan fingerprint density at radius 1 is 1.26 bits per heavy atom. The fraction of sp³-hybridized carbons (Fsp3) is 0.500. The topological polar surface area (TPSA) is 138 Å². The average molecular weight is 530 g/mol. The molecule has 2 N–H and O–H groups in total. The van der Waals surface area contributed by atoms with Gasteiger partial charge in [0.1, 0.15) is 12.2 Å². The first-order valence-corrected chi connectivity index (χ1v) is 11.8. The van der Waals surface area contributed by atoms with E-state index in [-0.39, 0.29) is 29.5 Å². The number of carboxylic acids is 1. The van der Waals surface area contributed by atoms with Crippen molar-refractivity contribution in [1.82, 2.24) is 5.32 Å². The summed E-state index contributed by atoms with van der Waals surface area (Å²) in [7, 11) is 1.15. The lowest BCUT2D eigenvalue weighted by atomic mass is 9.57. The number of fused-ring (bicyclic) bond motifs is 2. The standard InChI is InChI=1S/C22H26BCl2NO9/c1-12(2)6-13(7-15(27)11-26-20(30)16-8-14(24)4-5-17(16)25)23-33-19(29)10-22(35-23,21(31)34-23)9-18(28)32-3/h4-5,8,12-13,33H,6-7,9-11H2,1-3H3,(H,26,30)/t13-,22-,23?/m1/s1. The molecule has 3 rings (SSSR count). The summed E-state index contributed by atoms with van der Waals surface area (Å²) >= 11 is 11.9. The van der Waals surface area contributed by atoms with E-state index >= 15 is 0 Å². The molecule has 0 saturated carbocycles. The number of Topliss-reactive ketones (excluding diaryl/α,β-unsaturated/α-hetero) is 1. The van der Waals surface area contributed by atoms with Gasteiger partial charge in [-0.1, -0.05) is 43.5 Å². The molecule has 2 aliphatic rings. The van der Waals surface area contributed by atoms with Crippen LogP contribution in [0.2, 0.25) is 15.9 Å². The molecule has 2 heterocycles. The second-order valence-electron chi connectivity index (χ2n) is 9.14. The highest BCUT2D eigenvalue weighted by atomic mass is 35.5. The van der Waals surface area contributed by atoms with Crippen LogP contribution in [-0.2, 0) is 33.2 Å². The number of methoxy groups -OCH3 is 1. The number of rotatable bonds is 10. The monoisotopic (exact) mass is 529 g/mol. The normalized spacial score (nSPS) is 23.9. The van der Waals surface area contributed by atoms with E-state index in [4.69, 9.17) is 32.5 Å². The third-order valence-electron chi connectivity index (χ3n) is 5.94. The van der Waals surface area contributed by atoms with Gasteiger partial charge in [0, 0.05) is 9.82 Å². The van der Waals surface area contributed by atoms with Crippen LogP contribution in [0.4, 0.5) is 0 Å². The SMILES string of the molecule is COC(=O)C[C@@]12CC(=O)[OH+][B-]([C@@H](CC(=O)CNC(=O)c3cc(Cl)ccc3Cl)CC(C)C)(OC1=O)O2. The Morgan fingerprint density at radius 3 is 2.63 bits per heavy atom. The van der Waals surface area contributed by atoms with Crippen molar-refractivity contribution in [1.29, 1.82) is 0 Å². The predicted molar refractivity (Wildman–Crippen MR) is 126 cm³/mol. The molecule has 1 unspecified atom stereocenters. The van der Waals surface area contributed by atoms with Crippen LogP contribution in [0.3, 0.4) is 0 Å². The van der Waals surface area contributed by atoms with Crippen LogP contribution < -0.4 is 5.32 Å². The van der Waals surface area contributed by atoms with Crippen LogP contribution >= 0.6 is 23.2 Å². The first-order valence-electron chi connectivity index (χ1n) is 11.0. The summed E-state index contributed by atoms with van der Waals surface area (Å²) in [6, 6.07) is 4.38. The molecule has 1 amide bonds. The van der Waals surface area contributed by atoms with E-state index in [1.807, 2.05) is 13.8 Å². The molecule has 2 fully saturated rings. The van der Waals surface area contributed by atoms with Gasteiger partial charge in [0.25, 0.3) is 11.9 Å². The number of ketones is 1. The van der Waals surface area contributed by atoms with Gasteiger partial charge in [0.2, 0.25) is 0 Å². The third kappa shape index (κ3) is 5.96. The number of esters is 1. The summed E-state index contributed by atoms with van der Waals surface area (Å²) in [5.74, 6) is -4.04. The minimum absolute atomic E-state index is 0.0223. The first-order chi connectivity index (χ1) is 16.4. The van der Waals surface area contributed by atoms with E-state index in [0.29, 0.717) is 11.4 Å². The van der Waals surface area contributed by atoms with Gasteiger partial charge in [0.05, 0.1) is 30.7 Å². The molecule has 2 saturated heterocycles. The van der Waals surface area contributed by atoms with Crippen molar-refractivity contribution in [3.8, 4) is 0 Å². The molecule has 3 atom stereocenters. The van der Waals surface area contributed by atoms with E-state index in [2.05, 4.69) is 14.7 Å². The van der Waals surface area contributed by atoms with Crippen LogP contribution in [0.15, 0.2) is 18.2 Å². The molecule has 10 nitrogen and oxygen atoms in total. The van der Waals surface area contributed by atoms with Crippen molar-refractivity contribution in [2.75, 3.05) is 13.7 Å². The molecule has 13 heteroatoms. The molecule has 0 radical (unpaired) electrons. The van der Waals surface area contributed by atoms with Gasteiger partial charge in [-0.05, 0) is 36.4 Å². The van der Waals surface area contributed by atoms with E-state index in [0.717, 1.165) is 7.11 Å². The predicted octanol–water partition coefficient (Wildman–Crippen LogP) is 2.37. The molecule has 2 bridgehead atoms. The van der Waals surface area contributed by atoms with Gasteiger partial charge in [-0.3, -0.25) is 19.2 Å². The number of carbonyl (C=O) groups excluding carboxylic acids is 4. The lowest BCUT2D eigenvalue weighted by molar-refractivity contribution is -0.171. The quantitative estimate of drug-likeness (QED) is 0.277. The number of amides is 1. The third-order valence-corrected chi connectivity index (χ3v) is 6.50. The fourth-order valence-corrected chi connectivity index (χ4v) is 4.79. The molecule has 0 aliphatic carbocycles. The van der Waals surface area contributed by atoms with Gasteiger partial charge >= 0.3 is 18.7 Å². The summed E-state index contributed by atoms with van der Waals surface area (Å²) in [4.78, 5) is 62.5. The number of carbonyl (C=O) groups is 5. The summed E-state index contributed by atoms with van der Waals surface area (Å²) in [5, 5.41) is 2.98. The number of ether oxygens (including phenoxy) is 1. The first kappa shape index (κ1) is 27.0. The minimum atomic E-state index is -2.88. The van der Waals surface area contributed by atoms with Gasteiger partial charge in [0.15, 0.2) is 5.60 Å². The zero-order valence-corrected chi connectivity index (χ0v) is 21.0. The van der Waals surface area contributed by atoms with E-state index in [1.165, 1.54) is 18.2 Å². The maximum absolute atomic E-state index is 12.8. The van der Waals surface area contributed by atoms with Crippen molar-refractivity contribution in [2.24, 2.45) is 5.92 Å². The molecule has 2 aliphatic heterocycles. The molecule has 1 aromatic rings. The van der Waals surface area contributed by atoms with E-state index < -0.39 is 60.6 Å². The number of hydrogen-bond donors (Lipinski definition) is 1. The Kier molecular flexibility index (Phi) is 8.13. The highest BCUT2D eigenvalue weighted by Gasteiger charge is 2.68. The van der Waals surface area contributed by atoms with Crippen LogP contribution in [0, 0.1) is 5.92 Å². The van der Waals surface area contributed by atoms with Crippen molar-refractivity contribution >= 4 is 59.6 Å². The van der Waals surface area contributed by atoms with Gasteiger partial charge in [-0.25, -0.2) is 0 Å². The summed E-state index contributed by atoms with van der Waals surface area (Å²) in [6.07, 6.45) is -0.826. The Balaban J connectivity index is 1.76. The van der Waals surface area contributed by atoms with E-state index in [9.17, 15) is 24.0 Å². The Morgan fingerprint density at radius 2 is 1.97 bits per heavy atom. The smallest absolute Gasteiger partial charge is 0.576 e. The van der Waals surface area contributed by atoms with Crippen LogP contribution in [0.25, 0.3) is 0 Å². The molecule has 0 aromatic heterocycles. The molecular weight excluding hydrogens is 504 g/mol. The zero-order chi connectivity index (χ0) is 26.0. The second-order valence-corrected chi connectivity index (χ2v) is 9.98. The Hall–Kier alpha value is -2.63. The van der Waals surface area contributed by atoms with Gasteiger partial charge in [-0.2, -0.15) is 0 Å². The minimum Gasteiger partial charge on any atom is -0.718 e. The Labute approximate surface area is 211 Å². The van der Waals surface area contributed by atoms with Crippen molar-refractivity contribution in [3.05, 3.63) is 33.8 Å².